The largest absolute Gasteiger partial charge is 0.492 e. The molecule has 1 aliphatic heterocycles. The average molecular weight is 463 g/mol. The molecule has 1 fully saturated rings. The van der Waals surface area contributed by atoms with E-state index in [1.54, 1.807) is 44.3 Å². The lowest BCUT2D eigenvalue weighted by Gasteiger charge is -2.34. The molecule has 10 heteroatoms. The summed E-state index contributed by atoms with van der Waals surface area (Å²) >= 11 is 6.33. The Balaban J connectivity index is 1.51. The lowest BCUT2D eigenvalue weighted by atomic mass is 9.82. The van der Waals surface area contributed by atoms with Crippen LogP contribution in [0.15, 0.2) is 46.7 Å². The molecular formula is C22H21ClF2N4O3. The number of allylic oxidation sites excluding steroid dienone is 3. The first kappa shape index (κ1) is 22.0. The zero-order valence-corrected chi connectivity index (χ0v) is 18.2. The predicted molar refractivity (Wildman–Crippen MR) is 115 cm³/mol. The summed E-state index contributed by atoms with van der Waals surface area (Å²) in [6.07, 6.45) is 2.84. The molecule has 1 unspecified atom stereocenters. The number of halogens is 3. The maximum absolute atomic E-state index is 13.0. The molecule has 1 saturated carbocycles. The van der Waals surface area contributed by atoms with Crippen LogP contribution in [-0.4, -0.2) is 29.6 Å². The molecule has 2 heterocycles. The van der Waals surface area contributed by atoms with Gasteiger partial charge in [0.15, 0.2) is 5.70 Å². The highest BCUT2D eigenvalue weighted by Gasteiger charge is 2.45. The van der Waals surface area contributed by atoms with Gasteiger partial charge in [0.2, 0.25) is 11.8 Å². The number of aromatic nitrogens is 1. The summed E-state index contributed by atoms with van der Waals surface area (Å²) in [5, 5.41) is 14.4. The highest BCUT2D eigenvalue weighted by molar-refractivity contribution is 6.32. The number of nitrogens with one attached hydrogen (secondary N) is 2. The van der Waals surface area contributed by atoms with Crippen molar-refractivity contribution in [3.8, 4) is 11.8 Å². The van der Waals surface area contributed by atoms with Crippen LogP contribution in [-0.2, 0) is 4.84 Å². The number of rotatable bonds is 6. The van der Waals surface area contributed by atoms with Crippen LogP contribution in [0.4, 0.5) is 8.78 Å². The van der Waals surface area contributed by atoms with Crippen molar-refractivity contribution >= 4 is 22.5 Å². The molecule has 0 amide bonds. The van der Waals surface area contributed by atoms with Gasteiger partial charge in [-0.2, -0.15) is 5.26 Å². The third-order valence-corrected chi connectivity index (χ3v) is 5.78. The fourth-order valence-electron chi connectivity index (χ4n) is 3.73. The van der Waals surface area contributed by atoms with Crippen molar-refractivity contribution in [3.05, 3.63) is 62.9 Å². The van der Waals surface area contributed by atoms with Gasteiger partial charge in [-0.15, -0.1) is 0 Å². The van der Waals surface area contributed by atoms with Gasteiger partial charge >= 0.3 is 0 Å². The number of pyridine rings is 1. The number of hydrogen-bond acceptors (Lipinski definition) is 6. The molecule has 1 aromatic carbocycles. The minimum atomic E-state index is -2.60. The average Bonchev–Trinajstić information content (AvgIpc) is 2.70. The van der Waals surface area contributed by atoms with Crippen molar-refractivity contribution < 1.29 is 18.4 Å². The Morgan fingerprint density at radius 1 is 1.41 bits per heavy atom. The Morgan fingerprint density at radius 3 is 2.81 bits per heavy atom. The molecule has 2 aliphatic rings. The Bertz CT molecular complexity index is 1210. The maximum atomic E-state index is 13.0. The van der Waals surface area contributed by atoms with Gasteiger partial charge < -0.3 is 19.9 Å². The van der Waals surface area contributed by atoms with E-state index in [4.69, 9.17) is 26.4 Å². The second-order valence-electron chi connectivity index (χ2n) is 8.01. The zero-order chi connectivity index (χ0) is 23.0. The number of alkyl halides is 2. The molecule has 1 aromatic heterocycles. The van der Waals surface area contributed by atoms with E-state index < -0.39 is 12.0 Å². The van der Waals surface area contributed by atoms with E-state index in [-0.39, 0.29) is 30.9 Å². The Hall–Kier alpha value is -3.25. The molecule has 0 saturated heterocycles. The first-order chi connectivity index (χ1) is 15.1. The highest BCUT2D eigenvalue weighted by Crippen LogP contribution is 2.43. The zero-order valence-electron chi connectivity index (χ0n) is 17.4. The van der Waals surface area contributed by atoms with Gasteiger partial charge in [0.05, 0.1) is 23.2 Å². The number of H-pyrrole nitrogens is 1. The van der Waals surface area contributed by atoms with E-state index in [1.165, 1.54) is 5.06 Å². The number of hydrogen-bond donors (Lipinski definition) is 2. The summed E-state index contributed by atoms with van der Waals surface area (Å²) in [7, 11) is 1.61. The van der Waals surface area contributed by atoms with Crippen LogP contribution in [0.5, 0.6) is 5.75 Å². The van der Waals surface area contributed by atoms with Crippen LogP contribution < -0.4 is 15.6 Å². The van der Waals surface area contributed by atoms with Crippen molar-refractivity contribution in [1.29, 1.82) is 5.26 Å². The number of nitriles is 1. The Morgan fingerprint density at radius 2 is 2.16 bits per heavy atom. The van der Waals surface area contributed by atoms with Gasteiger partial charge in [0.25, 0.3) is 5.56 Å². The molecule has 1 atom stereocenters. The van der Waals surface area contributed by atoms with E-state index in [2.05, 4.69) is 10.3 Å². The van der Waals surface area contributed by atoms with Crippen LogP contribution in [0.3, 0.4) is 0 Å². The molecule has 1 aliphatic carbocycles. The Labute approximate surface area is 187 Å². The number of ether oxygens (including phenoxy) is 1. The molecule has 7 nitrogen and oxygen atoms in total. The van der Waals surface area contributed by atoms with Gasteiger partial charge in [-0.05, 0) is 25.1 Å². The fourth-order valence-corrected chi connectivity index (χ4v) is 3.95. The SMILES string of the molecule is CC(NC1=CC=C(C#N)N(C)O1)c1cc2cc(Cl)c(OCC3CC(F)(F)C3)cc2[nH]c1=O. The van der Waals surface area contributed by atoms with Crippen LogP contribution in [0, 0.1) is 17.2 Å². The number of benzene rings is 1. The van der Waals surface area contributed by atoms with E-state index in [0.717, 1.165) is 0 Å². The molecular weight excluding hydrogens is 442 g/mol. The normalized spacial score (nSPS) is 18.7. The number of fused-ring (bicyclic) bond motifs is 1. The minimum Gasteiger partial charge on any atom is -0.492 e. The topological polar surface area (TPSA) is 90.4 Å². The second kappa shape index (κ2) is 8.36. The molecule has 32 heavy (non-hydrogen) atoms. The van der Waals surface area contributed by atoms with Crippen LogP contribution >= 0.6 is 11.6 Å². The van der Waals surface area contributed by atoms with Gasteiger partial charge in [-0.25, -0.2) is 13.8 Å². The monoisotopic (exact) mass is 462 g/mol. The Kier molecular flexibility index (Phi) is 5.73. The summed E-state index contributed by atoms with van der Waals surface area (Å²) in [6, 6.07) is 6.59. The van der Waals surface area contributed by atoms with Gasteiger partial charge in [-0.1, -0.05) is 11.6 Å². The van der Waals surface area contributed by atoms with Crippen LogP contribution in [0.25, 0.3) is 10.9 Å². The van der Waals surface area contributed by atoms with Gasteiger partial charge in [0, 0.05) is 48.9 Å². The minimum absolute atomic E-state index is 0.148. The number of nitrogens with zero attached hydrogens (tertiary/aromatic N) is 2. The molecule has 2 N–H and O–H groups in total. The summed E-state index contributed by atoms with van der Waals surface area (Å²) in [5.41, 5.74) is 1.03. The third kappa shape index (κ3) is 4.50. The van der Waals surface area contributed by atoms with Crippen molar-refractivity contribution in [2.75, 3.05) is 13.7 Å². The lowest BCUT2D eigenvalue weighted by Crippen LogP contribution is -2.38. The van der Waals surface area contributed by atoms with Crippen molar-refractivity contribution in [2.45, 2.75) is 31.7 Å². The van der Waals surface area contributed by atoms with Crippen LogP contribution in [0.2, 0.25) is 5.02 Å². The van der Waals surface area contributed by atoms with Crippen LogP contribution in [0.1, 0.15) is 31.4 Å². The smallest absolute Gasteiger partial charge is 0.253 e. The van der Waals surface area contributed by atoms with Crippen molar-refractivity contribution in [3.63, 3.8) is 0 Å². The first-order valence-electron chi connectivity index (χ1n) is 10.0. The van der Waals surface area contributed by atoms with E-state index in [9.17, 15) is 13.6 Å². The predicted octanol–water partition coefficient (Wildman–Crippen LogP) is 4.38. The third-order valence-electron chi connectivity index (χ3n) is 5.48. The van der Waals surface area contributed by atoms with E-state index in [0.29, 0.717) is 38.8 Å². The molecule has 2 aromatic rings. The summed E-state index contributed by atoms with van der Waals surface area (Å²) < 4.78 is 31.6. The molecule has 0 radical (unpaired) electrons. The number of hydroxylamine groups is 2. The summed E-state index contributed by atoms with van der Waals surface area (Å²) in [4.78, 5) is 21.0. The lowest BCUT2D eigenvalue weighted by molar-refractivity contribution is -0.119. The summed E-state index contributed by atoms with van der Waals surface area (Å²) in [5.74, 6) is -2.08. The van der Waals surface area contributed by atoms with E-state index in [1.807, 2.05) is 6.07 Å². The molecule has 168 valence electrons. The molecule has 0 bridgehead atoms. The summed E-state index contributed by atoms with van der Waals surface area (Å²) in [6.45, 7) is 1.95. The maximum Gasteiger partial charge on any atom is 0.253 e. The van der Waals surface area contributed by atoms with Gasteiger partial charge in [0.1, 0.15) is 11.8 Å². The van der Waals surface area contributed by atoms with Gasteiger partial charge in [-0.3, -0.25) is 4.79 Å². The standard InChI is InChI=1S/C22H21ClF2N4O3/c1-12(27-20-4-3-15(10-26)29(2)32-20)16-5-14-6-17(23)19(7-18(14)28-21(16)30)31-11-13-8-22(24,25)9-13/h3-7,12-13,27H,8-9,11H2,1-2H3,(H,28,30). The molecule has 4 rings (SSSR count). The molecule has 0 spiro atoms. The number of aromatic amines is 1. The fraction of sp³-hybridized carbons (Fsp3) is 0.364. The second-order valence-corrected chi connectivity index (χ2v) is 8.42. The van der Waals surface area contributed by atoms with Crippen molar-refractivity contribution in [2.24, 2.45) is 5.92 Å². The highest BCUT2D eigenvalue weighted by atomic mass is 35.5. The van der Waals surface area contributed by atoms with E-state index >= 15 is 0 Å². The first-order valence-corrected chi connectivity index (χ1v) is 10.4. The van der Waals surface area contributed by atoms with Crippen molar-refractivity contribution in [1.82, 2.24) is 15.4 Å². The quantitative estimate of drug-likeness (QED) is 0.662.